The largest absolute Gasteiger partial charge is 0.374 e. The number of likely N-dealkylation sites (tertiary alicyclic amines) is 1. The van der Waals surface area contributed by atoms with E-state index < -0.39 is 0 Å². The van der Waals surface area contributed by atoms with Crippen molar-refractivity contribution in [3.05, 3.63) is 0 Å². The summed E-state index contributed by atoms with van der Waals surface area (Å²) in [5.41, 5.74) is 0. The second kappa shape index (κ2) is 10.5. The lowest BCUT2D eigenvalue weighted by molar-refractivity contribution is -0.00308. The topological polar surface area (TPSA) is 12.5 Å². The van der Waals surface area contributed by atoms with E-state index in [0.29, 0.717) is 12.2 Å². The summed E-state index contributed by atoms with van der Waals surface area (Å²) < 4.78 is 6.81. The Kier molecular flexibility index (Phi) is 6.91. The van der Waals surface area contributed by atoms with Crippen molar-refractivity contribution >= 4 is 11.8 Å². The highest BCUT2D eigenvalue weighted by Crippen LogP contribution is 2.64. The first-order valence-corrected chi connectivity index (χ1v) is 19.4. The van der Waals surface area contributed by atoms with Crippen LogP contribution < -0.4 is 0 Å². The minimum Gasteiger partial charge on any atom is -0.374 e. The van der Waals surface area contributed by atoms with Gasteiger partial charge in [0.25, 0.3) is 0 Å². The van der Waals surface area contributed by atoms with E-state index in [4.69, 9.17) is 4.74 Å². The smallest absolute Gasteiger partial charge is 0.0621 e. The first-order chi connectivity index (χ1) is 19.3. The van der Waals surface area contributed by atoms with Gasteiger partial charge < -0.3 is 4.74 Å². The predicted octanol–water partition coefficient (Wildman–Crippen LogP) is 8.86. The highest BCUT2D eigenvalue weighted by Gasteiger charge is 2.61. The van der Waals surface area contributed by atoms with Gasteiger partial charge >= 0.3 is 0 Å². The van der Waals surface area contributed by atoms with E-state index >= 15 is 0 Å². The molecule has 14 unspecified atom stereocenters. The highest BCUT2D eigenvalue weighted by atomic mass is 32.2. The van der Waals surface area contributed by atoms with Crippen molar-refractivity contribution in [3.8, 4) is 0 Å². The number of hydrogen-bond donors (Lipinski definition) is 0. The standard InChI is InChI=1S/C36H57NOS/c1-2-9-23(10-3-1)37-30-15-6-4-11-25(30)29-21-22(17-19-31(29)37)24-13-8-14-26-27-18-20-33-34(36(27)39-35(24)26)28-12-5-7-16-32(28)38-33/h22-36H,1-21H2. The molecule has 3 heterocycles. The Morgan fingerprint density at radius 1 is 0.462 bits per heavy atom. The Balaban J connectivity index is 0.944. The Labute approximate surface area is 243 Å². The van der Waals surface area contributed by atoms with Gasteiger partial charge in [0.15, 0.2) is 0 Å². The molecule has 0 aromatic rings. The summed E-state index contributed by atoms with van der Waals surface area (Å²) >= 11 is 2.59. The lowest BCUT2D eigenvalue weighted by Crippen LogP contribution is -2.48. The summed E-state index contributed by atoms with van der Waals surface area (Å²) in [7, 11) is 0. The Hall–Kier alpha value is 0.270. The second-order valence-corrected chi connectivity index (χ2v) is 17.7. The molecule has 0 spiro atoms. The molecule has 39 heavy (non-hydrogen) atoms. The van der Waals surface area contributed by atoms with Gasteiger partial charge in [0, 0.05) is 34.5 Å². The van der Waals surface area contributed by atoms with Gasteiger partial charge in [0.1, 0.15) is 0 Å². The summed E-state index contributed by atoms with van der Waals surface area (Å²) in [6.45, 7) is 0. The maximum Gasteiger partial charge on any atom is 0.0621 e. The fourth-order valence-electron chi connectivity index (χ4n) is 13.7. The molecule has 0 aromatic heterocycles. The Morgan fingerprint density at radius 2 is 1.18 bits per heavy atom. The van der Waals surface area contributed by atoms with Crippen molar-refractivity contribution in [2.24, 2.45) is 47.3 Å². The molecule has 0 N–H and O–H groups in total. The number of ether oxygens (including phenoxy) is 1. The second-order valence-electron chi connectivity index (χ2n) is 16.4. The van der Waals surface area contributed by atoms with Crippen LogP contribution in [0.2, 0.25) is 0 Å². The summed E-state index contributed by atoms with van der Waals surface area (Å²) in [6.07, 6.45) is 33.2. The normalized spacial score (nSPS) is 55.7. The molecule has 9 rings (SSSR count). The van der Waals surface area contributed by atoms with Crippen LogP contribution in [0.4, 0.5) is 0 Å². The molecule has 9 aliphatic rings. The molecule has 3 heteroatoms. The van der Waals surface area contributed by atoms with Crippen LogP contribution in [0.25, 0.3) is 0 Å². The third kappa shape index (κ3) is 4.14. The summed E-state index contributed by atoms with van der Waals surface area (Å²) in [5, 5.41) is 1.97. The van der Waals surface area contributed by atoms with Gasteiger partial charge in [-0.3, -0.25) is 4.90 Å². The number of hydrogen-bond acceptors (Lipinski definition) is 3. The molecular formula is C36H57NOS. The zero-order chi connectivity index (χ0) is 25.5. The molecule has 3 aliphatic heterocycles. The van der Waals surface area contributed by atoms with E-state index in [2.05, 4.69) is 16.7 Å². The third-order valence-corrected chi connectivity index (χ3v) is 17.0. The quantitative estimate of drug-likeness (QED) is 0.340. The number of rotatable bonds is 2. The zero-order valence-corrected chi connectivity index (χ0v) is 25.6. The van der Waals surface area contributed by atoms with E-state index in [-0.39, 0.29) is 0 Å². The fraction of sp³-hybridized carbons (Fsp3) is 1.00. The van der Waals surface area contributed by atoms with Gasteiger partial charge in [-0.2, -0.15) is 11.8 Å². The molecule has 14 atom stereocenters. The van der Waals surface area contributed by atoms with E-state index in [1.165, 1.54) is 83.5 Å². The van der Waals surface area contributed by atoms with Crippen LogP contribution in [-0.2, 0) is 4.74 Å². The van der Waals surface area contributed by atoms with Crippen LogP contribution in [-0.4, -0.2) is 45.7 Å². The maximum atomic E-state index is 6.81. The lowest BCUT2D eigenvalue weighted by atomic mass is 9.60. The minimum atomic E-state index is 0.633. The molecule has 9 fully saturated rings. The average Bonchev–Trinajstić information content (AvgIpc) is 3.66. The van der Waals surface area contributed by atoms with Gasteiger partial charge in [-0.1, -0.05) is 51.4 Å². The van der Waals surface area contributed by atoms with Crippen molar-refractivity contribution in [1.29, 1.82) is 0 Å². The Morgan fingerprint density at radius 3 is 2.10 bits per heavy atom. The number of thioether (sulfide) groups is 1. The van der Waals surface area contributed by atoms with Gasteiger partial charge in [0.2, 0.25) is 0 Å². The number of nitrogens with zero attached hydrogens (tertiary/aromatic N) is 1. The van der Waals surface area contributed by atoms with Crippen LogP contribution in [0, 0.1) is 47.3 Å². The molecular weight excluding hydrogens is 494 g/mol. The monoisotopic (exact) mass is 551 g/mol. The summed E-state index contributed by atoms with van der Waals surface area (Å²) in [4.78, 5) is 3.24. The minimum absolute atomic E-state index is 0.633. The molecule has 3 saturated heterocycles. The summed E-state index contributed by atoms with van der Waals surface area (Å²) in [6, 6.07) is 2.89. The van der Waals surface area contributed by atoms with Crippen LogP contribution in [0.3, 0.4) is 0 Å². The van der Waals surface area contributed by atoms with E-state index in [1.54, 1.807) is 51.4 Å². The van der Waals surface area contributed by atoms with Crippen molar-refractivity contribution in [1.82, 2.24) is 4.90 Å². The molecule has 6 aliphatic carbocycles. The van der Waals surface area contributed by atoms with E-state index in [1.807, 2.05) is 0 Å². The van der Waals surface area contributed by atoms with Crippen molar-refractivity contribution in [2.45, 2.75) is 176 Å². The predicted molar refractivity (Wildman–Crippen MR) is 162 cm³/mol. The average molecular weight is 552 g/mol. The molecule has 0 radical (unpaired) electrons. The lowest BCUT2D eigenvalue weighted by Gasteiger charge is -2.46. The molecule has 2 nitrogen and oxygen atoms in total. The number of fused-ring (bicyclic) bond motifs is 10. The van der Waals surface area contributed by atoms with Crippen LogP contribution in [0.5, 0.6) is 0 Å². The van der Waals surface area contributed by atoms with Gasteiger partial charge in [-0.15, -0.1) is 0 Å². The van der Waals surface area contributed by atoms with Crippen molar-refractivity contribution < 1.29 is 4.74 Å². The zero-order valence-electron chi connectivity index (χ0n) is 24.8. The maximum absolute atomic E-state index is 6.81. The fourth-order valence-corrected chi connectivity index (χ4v) is 16.3. The molecule has 0 bridgehead atoms. The van der Waals surface area contributed by atoms with E-state index in [9.17, 15) is 0 Å². The first kappa shape index (κ1) is 25.7. The Bertz CT molecular complexity index is 887. The summed E-state index contributed by atoms with van der Waals surface area (Å²) in [5.74, 6) is 8.17. The van der Waals surface area contributed by atoms with Gasteiger partial charge in [0.05, 0.1) is 12.2 Å². The van der Waals surface area contributed by atoms with Crippen molar-refractivity contribution in [3.63, 3.8) is 0 Å². The van der Waals surface area contributed by atoms with Crippen molar-refractivity contribution in [2.75, 3.05) is 0 Å². The van der Waals surface area contributed by atoms with Gasteiger partial charge in [-0.05, 0) is 125 Å². The van der Waals surface area contributed by atoms with Gasteiger partial charge in [-0.25, -0.2) is 0 Å². The van der Waals surface area contributed by atoms with Crippen LogP contribution in [0.1, 0.15) is 135 Å². The highest BCUT2D eigenvalue weighted by molar-refractivity contribution is 8.00. The molecule has 6 saturated carbocycles. The molecule has 218 valence electrons. The SMILES string of the molecule is C1CCC(N2C3CCCCC3C3CC(C4CCCC5C6CCC7OC8CCCCC8C7C6SC45)CCC32)CC1. The third-order valence-electron chi connectivity index (χ3n) is 15.0. The molecule has 0 amide bonds. The molecule has 0 aromatic carbocycles. The first-order valence-electron chi connectivity index (χ1n) is 18.4. The van der Waals surface area contributed by atoms with Crippen LogP contribution in [0.15, 0.2) is 0 Å². The van der Waals surface area contributed by atoms with Crippen LogP contribution >= 0.6 is 11.8 Å². The van der Waals surface area contributed by atoms with E-state index in [0.717, 1.165) is 76.0 Å².